The molecule has 0 radical (unpaired) electrons. The molecular weight excluding hydrogens is 406 g/mol. The highest BCUT2D eigenvalue weighted by Gasteiger charge is 2.36. The molecule has 3 atom stereocenters. The molecule has 1 aliphatic rings. The van der Waals surface area contributed by atoms with E-state index in [9.17, 15) is 10.2 Å². The van der Waals surface area contributed by atoms with Crippen LogP contribution >= 0.6 is 27.7 Å². The van der Waals surface area contributed by atoms with Gasteiger partial charge in [0.05, 0.1) is 12.4 Å². The number of nitrogens with one attached hydrogen (secondary N) is 1. The molecule has 2 aromatic heterocycles. The van der Waals surface area contributed by atoms with Gasteiger partial charge in [0.2, 0.25) is 0 Å². The van der Waals surface area contributed by atoms with Crippen LogP contribution in [0.1, 0.15) is 10.9 Å². The quantitative estimate of drug-likeness (QED) is 0.593. The van der Waals surface area contributed by atoms with Crippen LogP contribution in [0.4, 0.5) is 5.82 Å². The van der Waals surface area contributed by atoms with Gasteiger partial charge in [-0.1, -0.05) is 28.1 Å². The summed E-state index contributed by atoms with van der Waals surface area (Å²) >= 11 is 4.95. The van der Waals surface area contributed by atoms with Crippen molar-refractivity contribution in [1.29, 1.82) is 0 Å². The third-order valence-electron chi connectivity index (χ3n) is 4.11. The minimum absolute atomic E-state index is 0.298. The van der Waals surface area contributed by atoms with Gasteiger partial charge in [0.15, 0.2) is 11.5 Å². The maximum Gasteiger partial charge on any atom is 0.166 e. The lowest BCUT2D eigenvalue weighted by Crippen LogP contribution is -2.27. The molecule has 3 N–H and O–H groups in total. The summed E-state index contributed by atoms with van der Waals surface area (Å²) in [5.74, 6) is 1.13. The smallest absolute Gasteiger partial charge is 0.166 e. The number of aromatic nitrogens is 4. The van der Waals surface area contributed by atoms with Crippen LogP contribution in [-0.4, -0.2) is 47.7 Å². The molecule has 0 saturated carbocycles. The van der Waals surface area contributed by atoms with Gasteiger partial charge in [-0.05, 0) is 17.7 Å². The van der Waals surface area contributed by atoms with Gasteiger partial charge in [0.1, 0.15) is 23.3 Å². The van der Waals surface area contributed by atoms with E-state index in [2.05, 4.69) is 36.2 Å². The van der Waals surface area contributed by atoms with Gasteiger partial charge in [0, 0.05) is 16.8 Å². The fourth-order valence-corrected chi connectivity index (χ4v) is 4.56. The molecule has 9 heteroatoms. The van der Waals surface area contributed by atoms with Gasteiger partial charge in [-0.2, -0.15) is 0 Å². The number of thioether (sulfide) groups is 1. The first-order valence-corrected chi connectivity index (χ1v) is 9.61. The Kier molecular flexibility index (Phi) is 4.63. The van der Waals surface area contributed by atoms with Crippen LogP contribution < -0.4 is 5.32 Å². The second-order valence-electron chi connectivity index (χ2n) is 5.81. The average molecular weight is 422 g/mol. The Morgan fingerprint density at radius 3 is 2.92 bits per heavy atom. The predicted molar refractivity (Wildman–Crippen MR) is 100 cm³/mol. The summed E-state index contributed by atoms with van der Waals surface area (Å²) in [6.45, 7) is 0.609. The first-order chi connectivity index (χ1) is 12.1. The summed E-state index contributed by atoms with van der Waals surface area (Å²) in [6, 6.07) is 8.03. The predicted octanol–water partition coefficient (Wildman–Crippen LogP) is 2.17. The standard InChI is InChI=1S/C16H16BrN5O2S/c17-10-3-1-2-9(4-10)5-18-14-12-15(20-7-19-14)22(8-21-12)16-13(24)11(23)6-25-16/h1-4,7-8,11,13,16,23-24H,5-6H2,(H,18,19,20)/t11?,13?,16-/m1/s1. The van der Waals surface area contributed by atoms with Gasteiger partial charge >= 0.3 is 0 Å². The fourth-order valence-electron chi connectivity index (χ4n) is 2.83. The molecule has 3 heterocycles. The van der Waals surface area contributed by atoms with Crippen LogP contribution in [0.5, 0.6) is 0 Å². The number of nitrogens with zero attached hydrogens (tertiary/aromatic N) is 4. The average Bonchev–Trinajstić information content (AvgIpc) is 3.17. The molecule has 2 unspecified atom stereocenters. The normalized spacial score (nSPS) is 23.2. The van der Waals surface area contributed by atoms with E-state index < -0.39 is 12.2 Å². The van der Waals surface area contributed by atoms with E-state index >= 15 is 0 Å². The van der Waals surface area contributed by atoms with Crippen molar-refractivity contribution in [3.05, 3.63) is 47.0 Å². The Bertz CT molecular complexity index is 905. The summed E-state index contributed by atoms with van der Waals surface area (Å²) in [7, 11) is 0. The van der Waals surface area contributed by atoms with E-state index in [1.807, 2.05) is 24.3 Å². The Labute approximate surface area is 156 Å². The van der Waals surface area contributed by atoms with Gasteiger partial charge < -0.3 is 15.5 Å². The molecule has 4 rings (SSSR count). The van der Waals surface area contributed by atoms with Crippen molar-refractivity contribution in [3.8, 4) is 0 Å². The van der Waals surface area contributed by atoms with Gasteiger partial charge in [-0.25, -0.2) is 15.0 Å². The maximum absolute atomic E-state index is 10.2. The summed E-state index contributed by atoms with van der Waals surface area (Å²) in [5.41, 5.74) is 2.40. The highest BCUT2D eigenvalue weighted by molar-refractivity contribution is 9.10. The van der Waals surface area contributed by atoms with Crippen LogP contribution in [0.25, 0.3) is 11.2 Å². The molecule has 130 valence electrons. The fraction of sp³-hybridized carbons (Fsp3) is 0.312. The van der Waals surface area contributed by atoms with Gasteiger partial charge in [0.25, 0.3) is 0 Å². The number of anilines is 1. The maximum atomic E-state index is 10.2. The first-order valence-electron chi connectivity index (χ1n) is 7.77. The zero-order valence-electron chi connectivity index (χ0n) is 13.1. The second-order valence-corrected chi connectivity index (χ2v) is 7.88. The largest absolute Gasteiger partial charge is 0.389 e. The molecule has 1 aliphatic heterocycles. The molecular formula is C16H16BrN5O2S. The first kappa shape index (κ1) is 16.8. The number of benzene rings is 1. The molecule has 0 spiro atoms. The Balaban J connectivity index is 1.61. The van der Waals surface area contributed by atoms with E-state index in [0.717, 1.165) is 10.0 Å². The summed E-state index contributed by atoms with van der Waals surface area (Å²) in [5, 5.41) is 22.9. The monoisotopic (exact) mass is 421 g/mol. The van der Waals surface area contributed by atoms with Crippen molar-refractivity contribution in [3.63, 3.8) is 0 Å². The van der Waals surface area contributed by atoms with Crippen molar-refractivity contribution in [2.45, 2.75) is 24.1 Å². The van der Waals surface area contributed by atoms with Gasteiger partial charge in [-0.3, -0.25) is 4.57 Å². The topological polar surface area (TPSA) is 96.1 Å². The summed E-state index contributed by atoms with van der Waals surface area (Å²) in [4.78, 5) is 13.0. The zero-order valence-corrected chi connectivity index (χ0v) is 15.5. The number of aliphatic hydroxyl groups is 2. The van der Waals surface area contributed by atoms with Crippen molar-refractivity contribution in [2.24, 2.45) is 0 Å². The minimum atomic E-state index is -0.838. The highest BCUT2D eigenvalue weighted by atomic mass is 79.9. The number of hydrogen-bond acceptors (Lipinski definition) is 7. The van der Waals surface area contributed by atoms with Crippen molar-refractivity contribution < 1.29 is 10.2 Å². The zero-order chi connectivity index (χ0) is 17.4. The van der Waals surface area contributed by atoms with E-state index in [1.54, 1.807) is 10.9 Å². The number of fused-ring (bicyclic) bond motifs is 1. The molecule has 1 saturated heterocycles. The second kappa shape index (κ2) is 6.91. The Morgan fingerprint density at radius 2 is 2.16 bits per heavy atom. The number of halogens is 1. The van der Waals surface area contributed by atoms with Crippen LogP contribution in [0.3, 0.4) is 0 Å². The molecule has 3 aromatic rings. The summed E-state index contributed by atoms with van der Waals surface area (Å²) < 4.78 is 2.82. The van der Waals surface area contributed by atoms with E-state index in [1.165, 1.54) is 18.1 Å². The molecule has 25 heavy (non-hydrogen) atoms. The molecule has 0 bridgehead atoms. The molecule has 1 aromatic carbocycles. The van der Waals surface area contributed by atoms with Crippen LogP contribution in [0, 0.1) is 0 Å². The van der Waals surface area contributed by atoms with Crippen LogP contribution in [-0.2, 0) is 6.54 Å². The van der Waals surface area contributed by atoms with E-state index in [0.29, 0.717) is 29.3 Å². The van der Waals surface area contributed by atoms with Crippen molar-refractivity contribution in [1.82, 2.24) is 19.5 Å². The molecule has 7 nitrogen and oxygen atoms in total. The van der Waals surface area contributed by atoms with E-state index in [4.69, 9.17) is 0 Å². The number of hydrogen-bond donors (Lipinski definition) is 3. The Morgan fingerprint density at radius 1 is 1.28 bits per heavy atom. The Hall–Kier alpha value is -1.68. The highest BCUT2D eigenvalue weighted by Crippen LogP contribution is 2.38. The number of imidazole rings is 1. The van der Waals surface area contributed by atoms with Crippen molar-refractivity contribution >= 4 is 44.7 Å². The third-order valence-corrected chi connectivity index (χ3v) is 5.98. The lowest BCUT2D eigenvalue weighted by molar-refractivity contribution is 0.0313. The van der Waals surface area contributed by atoms with Gasteiger partial charge in [-0.15, -0.1) is 11.8 Å². The van der Waals surface area contributed by atoms with Crippen LogP contribution in [0.2, 0.25) is 0 Å². The SMILES string of the molecule is OC1CS[C@@H](n2cnc3c(NCc4cccc(Br)c4)ncnc32)C1O. The lowest BCUT2D eigenvalue weighted by Gasteiger charge is -2.17. The third kappa shape index (κ3) is 3.24. The molecule has 0 aliphatic carbocycles. The van der Waals surface area contributed by atoms with Crippen molar-refractivity contribution in [2.75, 3.05) is 11.1 Å². The number of aliphatic hydroxyl groups excluding tert-OH is 2. The lowest BCUT2D eigenvalue weighted by atomic mass is 10.2. The summed E-state index contributed by atoms with van der Waals surface area (Å²) in [6.07, 6.45) is 1.55. The number of rotatable bonds is 4. The molecule has 1 fully saturated rings. The molecule has 0 amide bonds. The van der Waals surface area contributed by atoms with E-state index in [-0.39, 0.29) is 5.37 Å². The van der Waals surface area contributed by atoms with Crippen LogP contribution in [0.15, 0.2) is 41.4 Å². The minimum Gasteiger partial charge on any atom is -0.389 e.